The van der Waals surface area contributed by atoms with Gasteiger partial charge in [-0.05, 0) is 47.1 Å². The van der Waals surface area contributed by atoms with Crippen molar-refractivity contribution in [2.75, 3.05) is 26.7 Å². The molecule has 0 aromatic heterocycles. The van der Waals surface area contributed by atoms with E-state index in [9.17, 15) is 8.42 Å². The van der Waals surface area contributed by atoms with Gasteiger partial charge in [-0.25, -0.2) is 13.1 Å². The van der Waals surface area contributed by atoms with Gasteiger partial charge in [0.05, 0.1) is 12.0 Å². The molecule has 2 N–H and O–H groups in total. The first-order chi connectivity index (χ1) is 9.53. The van der Waals surface area contributed by atoms with Crippen LogP contribution in [0.4, 0.5) is 0 Å². The molecule has 0 aliphatic carbocycles. The summed E-state index contributed by atoms with van der Waals surface area (Å²) in [5, 5.41) is 3.19. The number of ether oxygens (including phenoxy) is 1. The summed E-state index contributed by atoms with van der Waals surface area (Å²) < 4.78 is 32.7. The second kappa shape index (κ2) is 8.14. The number of sulfonamides is 1. The molecule has 1 aromatic carbocycles. The lowest BCUT2D eigenvalue weighted by Crippen LogP contribution is -2.29. The highest BCUT2D eigenvalue weighted by atomic mass is 79.9. The molecular formula is C13H18BrClN2O3S. The molecule has 0 saturated heterocycles. The first-order valence-electron chi connectivity index (χ1n) is 6.25. The molecule has 2 rings (SSSR count). The lowest BCUT2D eigenvalue weighted by Gasteiger charge is -2.15. The lowest BCUT2D eigenvalue weighted by atomic mass is 10.1. The van der Waals surface area contributed by atoms with Gasteiger partial charge in [0, 0.05) is 17.6 Å². The van der Waals surface area contributed by atoms with Gasteiger partial charge in [-0.15, -0.1) is 12.4 Å². The quantitative estimate of drug-likeness (QED) is 0.747. The van der Waals surface area contributed by atoms with Crippen molar-refractivity contribution in [2.45, 2.75) is 11.3 Å². The molecule has 5 nitrogen and oxygen atoms in total. The third kappa shape index (κ3) is 4.96. The van der Waals surface area contributed by atoms with Gasteiger partial charge in [-0.1, -0.05) is 11.6 Å². The van der Waals surface area contributed by atoms with Crippen LogP contribution in [0.5, 0.6) is 5.75 Å². The van der Waals surface area contributed by atoms with Gasteiger partial charge in [-0.2, -0.15) is 0 Å². The average molecular weight is 398 g/mol. The zero-order valence-corrected chi connectivity index (χ0v) is 14.8. The molecule has 1 aliphatic heterocycles. The Labute approximate surface area is 139 Å². The molecule has 8 heteroatoms. The first kappa shape index (κ1) is 18.4. The normalized spacial score (nSPS) is 15.0. The molecule has 0 atom stereocenters. The van der Waals surface area contributed by atoms with Gasteiger partial charge in [0.15, 0.2) is 0 Å². The Morgan fingerprint density at radius 1 is 1.43 bits per heavy atom. The molecule has 0 amide bonds. The molecule has 1 aliphatic rings. The van der Waals surface area contributed by atoms with Gasteiger partial charge in [0.2, 0.25) is 10.0 Å². The maximum absolute atomic E-state index is 12.3. The summed E-state index contributed by atoms with van der Waals surface area (Å²) in [6, 6.07) is 4.80. The number of methoxy groups -OCH3 is 1. The molecular weight excluding hydrogens is 380 g/mol. The third-order valence-corrected chi connectivity index (χ3v) is 5.45. The van der Waals surface area contributed by atoms with Crippen LogP contribution in [0.3, 0.4) is 0 Å². The fraction of sp³-hybridized carbons (Fsp3) is 0.385. The summed E-state index contributed by atoms with van der Waals surface area (Å²) in [7, 11) is -1.99. The Morgan fingerprint density at radius 3 is 2.76 bits per heavy atom. The fourth-order valence-electron chi connectivity index (χ4n) is 1.92. The molecule has 1 heterocycles. The van der Waals surface area contributed by atoms with Crippen molar-refractivity contribution in [3.8, 4) is 5.75 Å². The summed E-state index contributed by atoms with van der Waals surface area (Å²) >= 11 is 3.27. The van der Waals surface area contributed by atoms with E-state index >= 15 is 0 Å². The number of hydrogen-bond donors (Lipinski definition) is 2. The predicted octanol–water partition coefficient (Wildman–Crippen LogP) is 2.08. The highest BCUT2D eigenvalue weighted by molar-refractivity contribution is 9.10. The number of rotatable bonds is 5. The smallest absolute Gasteiger partial charge is 0.241 e. The monoisotopic (exact) mass is 396 g/mol. The molecule has 0 fully saturated rings. The molecule has 0 spiro atoms. The fourth-order valence-corrected chi connectivity index (χ4v) is 4.01. The van der Waals surface area contributed by atoms with Crippen LogP contribution in [0.25, 0.3) is 0 Å². The zero-order chi connectivity index (χ0) is 14.6. The minimum absolute atomic E-state index is 0. The summed E-state index contributed by atoms with van der Waals surface area (Å²) in [5.74, 6) is 0.608. The summed E-state index contributed by atoms with van der Waals surface area (Å²) in [5.41, 5.74) is 1.11. The molecule has 1 aromatic rings. The van der Waals surface area contributed by atoms with E-state index in [1.807, 2.05) is 6.08 Å². The van der Waals surface area contributed by atoms with E-state index < -0.39 is 10.0 Å². The highest BCUT2D eigenvalue weighted by Gasteiger charge is 2.18. The summed E-state index contributed by atoms with van der Waals surface area (Å²) in [6.45, 7) is 2.03. The van der Waals surface area contributed by atoms with Gasteiger partial charge in [0.25, 0.3) is 0 Å². The molecule has 118 valence electrons. The Kier molecular flexibility index (Phi) is 7.15. The second-order valence-electron chi connectivity index (χ2n) is 4.44. The van der Waals surface area contributed by atoms with Crippen LogP contribution in [-0.4, -0.2) is 35.2 Å². The Hall–Kier alpha value is -0.600. The van der Waals surface area contributed by atoms with Gasteiger partial charge in [0.1, 0.15) is 5.75 Å². The van der Waals surface area contributed by atoms with Crippen LogP contribution in [0.15, 0.2) is 39.2 Å². The second-order valence-corrected chi connectivity index (χ2v) is 7.03. The van der Waals surface area contributed by atoms with Crippen LogP contribution in [-0.2, 0) is 10.0 Å². The summed E-state index contributed by atoms with van der Waals surface area (Å²) in [6.07, 6.45) is 2.89. The van der Waals surface area contributed by atoms with E-state index in [1.165, 1.54) is 13.2 Å². The topological polar surface area (TPSA) is 67.4 Å². The van der Waals surface area contributed by atoms with Crippen molar-refractivity contribution in [3.63, 3.8) is 0 Å². The molecule has 0 bridgehead atoms. The summed E-state index contributed by atoms with van der Waals surface area (Å²) in [4.78, 5) is 0.216. The van der Waals surface area contributed by atoms with Crippen molar-refractivity contribution in [3.05, 3.63) is 34.3 Å². The largest absolute Gasteiger partial charge is 0.497 e. The zero-order valence-electron chi connectivity index (χ0n) is 11.6. The van der Waals surface area contributed by atoms with Gasteiger partial charge < -0.3 is 10.1 Å². The van der Waals surface area contributed by atoms with Gasteiger partial charge >= 0.3 is 0 Å². The average Bonchev–Trinajstić information content (AvgIpc) is 2.46. The SMILES string of the molecule is COc1ccc(S(=O)(=O)NCC2=CCNCC2)c(Br)c1.Cl. The Morgan fingerprint density at radius 2 is 2.19 bits per heavy atom. The molecule has 0 unspecified atom stereocenters. The van der Waals surface area contributed by atoms with Crippen molar-refractivity contribution in [2.24, 2.45) is 0 Å². The minimum atomic E-state index is -3.53. The number of halogens is 2. The van der Waals surface area contributed by atoms with Crippen molar-refractivity contribution in [1.82, 2.24) is 10.0 Å². The third-order valence-electron chi connectivity index (χ3n) is 3.08. The predicted molar refractivity (Wildman–Crippen MR) is 88.7 cm³/mol. The van der Waals surface area contributed by atoms with E-state index in [2.05, 4.69) is 26.0 Å². The van der Waals surface area contributed by atoms with Crippen LogP contribution in [0.1, 0.15) is 6.42 Å². The maximum Gasteiger partial charge on any atom is 0.241 e. The van der Waals surface area contributed by atoms with E-state index in [1.54, 1.807) is 12.1 Å². The van der Waals surface area contributed by atoms with Crippen molar-refractivity contribution in [1.29, 1.82) is 0 Å². The molecule has 0 radical (unpaired) electrons. The van der Waals surface area contributed by atoms with E-state index in [0.29, 0.717) is 16.8 Å². The molecule has 21 heavy (non-hydrogen) atoms. The number of hydrogen-bond acceptors (Lipinski definition) is 4. The van der Waals surface area contributed by atoms with Crippen LogP contribution in [0.2, 0.25) is 0 Å². The number of nitrogens with one attached hydrogen (secondary N) is 2. The number of benzene rings is 1. The first-order valence-corrected chi connectivity index (χ1v) is 8.52. The van der Waals surface area contributed by atoms with Crippen molar-refractivity contribution < 1.29 is 13.2 Å². The van der Waals surface area contributed by atoms with E-state index in [4.69, 9.17) is 4.74 Å². The van der Waals surface area contributed by atoms with Crippen LogP contribution in [0, 0.1) is 0 Å². The molecule has 0 saturated carbocycles. The minimum Gasteiger partial charge on any atom is -0.497 e. The Bertz CT molecular complexity index is 620. The highest BCUT2D eigenvalue weighted by Crippen LogP contribution is 2.26. The van der Waals surface area contributed by atoms with E-state index in [0.717, 1.165) is 25.1 Å². The van der Waals surface area contributed by atoms with Crippen LogP contribution >= 0.6 is 28.3 Å². The van der Waals surface area contributed by atoms with Gasteiger partial charge in [-0.3, -0.25) is 0 Å². The standard InChI is InChI=1S/C13H17BrN2O3S.ClH/c1-19-11-2-3-13(12(14)8-11)20(17,18)16-9-10-4-6-15-7-5-10;/h2-4,8,15-16H,5-7,9H2,1H3;1H. The maximum atomic E-state index is 12.3. The van der Waals surface area contributed by atoms with Crippen LogP contribution < -0.4 is 14.8 Å². The van der Waals surface area contributed by atoms with Crippen molar-refractivity contribution >= 4 is 38.4 Å². The Balaban J connectivity index is 0.00000220. The van der Waals surface area contributed by atoms with E-state index in [-0.39, 0.29) is 17.3 Å². The lowest BCUT2D eigenvalue weighted by molar-refractivity contribution is 0.414.